The lowest BCUT2D eigenvalue weighted by Crippen LogP contribution is -2.40. The van der Waals surface area contributed by atoms with E-state index in [0.29, 0.717) is 17.5 Å². The average molecular weight is 417 g/mol. The highest BCUT2D eigenvalue weighted by Gasteiger charge is 2.38. The Kier molecular flexibility index (Phi) is 4.78. The van der Waals surface area contributed by atoms with Gasteiger partial charge < -0.3 is 10.2 Å². The van der Waals surface area contributed by atoms with Gasteiger partial charge in [-0.15, -0.1) is 5.10 Å². The number of aromatic nitrogens is 5. The molecular weight excluding hydrogens is 397 g/mol. The van der Waals surface area contributed by atoms with Crippen LogP contribution in [0.5, 0.6) is 0 Å². The molecule has 156 valence electrons. The minimum atomic E-state index is -1.12. The van der Waals surface area contributed by atoms with Crippen LogP contribution in [0.4, 0.5) is 16.0 Å². The molecule has 0 aliphatic carbocycles. The number of amides is 1. The lowest BCUT2D eigenvalue weighted by atomic mass is 10.1. The van der Waals surface area contributed by atoms with Crippen molar-refractivity contribution in [3.8, 4) is 11.4 Å². The number of aryl methyl sites for hydroxylation is 1. The zero-order chi connectivity index (χ0) is 21.4. The molecule has 4 aromatic rings. The smallest absolute Gasteiger partial charge is 0.247 e. The van der Waals surface area contributed by atoms with Crippen molar-refractivity contribution in [3.63, 3.8) is 0 Å². The second-order valence-electron chi connectivity index (χ2n) is 7.53. The number of anilines is 2. The molecule has 1 saturated heterocycles. The van der Waals surface area contributed by atoms with Gasteiger partial charge in [0.1, 0.15) is 12.2 Å². The number of halogens is 1. The number of benzene rings is 1. The predicted octanol–water partition coefficient (Wildman–Crippen LogP) is 3.05. The van der Waals surface area contributed by atoms with E-state index in [0.717, 1.165) is 16.6 Å². The van der Waals surface area contributed by atoms with E-state index in [4.69, 9.17) is 0 Å². The molecule has 3 aromatic heterocycles. The maximum absolute atomic E-state index is 14.2. The van der Waals surface area contributed by atoms with E-state index in [1.54, 1.807) is 34.1 Å². The second kappa shape index (κ2) is 7.75. The molecule has 1 N–H and O–H groups in total. The van der Waals surface area contributed by atoms with E-state index in [1.807, 2.05) is 43.5 Å². The fourth-order valence-corrected chi connectivity index (χ4v) is 3.82. The van der Waals surface area contributed by atoms with Crippen LogP contribution in [0.2, 0.25) is 0 Å². The number of fused-ring (bicyclic) bond motifs is 1. The normalized spacial score (nSPS) is 18.5. The topological polar surface area (TPSA) is 88.3 Å². The number of nitrogens with zero attached hydrogens (tertiary/aromatic N) is 6. The first-order chi connectivity index (χ1) is 15.1. The van der Waals surface area contributed by atoms with Gasteiger partial charge in [0.15, 0.2) is 5.82 Å². The Morgan fingerprint density at radius 2 is 2.00 bits per heavy atom. The molecule has 0 spiro atoms. The van der Waals surface area contributed by atoms with Crippen LogP contribution < -0.4 is 10.2 Å². The summed E-state index contributed by atoms with van der Waals surface area (Å²) in [5.41, 5.74) is 3.29. The summed E-state index contributed by atoms with van der Waals surface area (Å²) in [4.78, 5) is 27.4. The monoisotopic (exact) mass is 417 g/mol. The van der Waals surface area contributed by atoms with Gasteiger partial charge in [-0.1, -0.05) is 6.07 Å². The number of hydrogen-bond acceptors (Lipinski definition) is 6. The van der Waals surface area contributed by atoms with Crippen LogP contribution in [-0.4, -0.2) is 49.2 Å². The number of nitrogens with one attached hydrogen (secondary N) is 1. The molecule has 2 atom stereocenters. The molecule has 0 bridgehead atoms. The molecule has 9 heteroatoms. The second-order valence-corrected chi connectivity index (χ2v) is 7.53. The number of hydrogen-bond donors (Lipinski definition) is 1. The Hall–Kier alpha value is -3.88. The molecule has 31 heavy (non-hydrogen) atoms. The van der Waals surface area contributed by atoms with Crippen LogP contribution in [-0.2, 0) is 4.79 Å². The van der Waals surface area contributed by atoms with Crippen molar-refractivity contribution in [2.45, 2.75) is 25.6 Å². The summed E-state index contributed by atoms with van der Waals surface area (Å²) in [6.07, 6.45) is 5.75. The molecule has 8 nitrogen and oxygen atoms in total. The van der Waals surface area contributed by atoms with Gasteiger partial charge >= 0.3 is 0 Å². The first-order valence-electron chi connectivity index (χ1n) is 9.98. The Balaban J connectivity index is 1.40. The Morgan fingerprint density at radius 3 is 2.84 bits per heavy atom. The summed E-state index contributed by atoms with van der Waals surface area (Å²) in [5.74, 6) is 0.603. The van der Waals surface area contributed by atoms with Crippen molar-refractivity contribution in [1.29, 1.82) is 0 Å². The fraction of sp³-hybridized carbons (Fsp3) is 0.227. The van der Waals surface area contributed by atoms with E-state index in [1.165, 1.54) is 0 Å². The van der Waals surface area contributed by atoms with Crippen molar-refractivity contribution in [2.24, 2.45) is 0 Å². The van der Waals surface area contributed by atoms with E-state index < -0.39 is 12.2 Å². The molecule has 0 saturated carbocycles. The van der Waals surface area contributed by atoms with Gasteiger partial charge in [0.25, 0.3) is 0 Å². The third-order valence-electron chi connectivity index (χ3n) is 5.39. The van der Waals surface area contributed by atoms with Gasteiger partial charge in [-0.25, -0.2) is 23.9 Å². The molecule has 1 aliphatic heterocycles. The zero-order valence-corrected chi connectivity index (χ0v) is 16.8. The molecular formula is C22H20FN7O. The Morgan fingerprint density at radius 1 is 1.16 bits per heavy atom. The van der Waals surface area contributed by atoms with Crippen LogP contribution >= 0.6 is 0 Å². The number of carbonyl (C=O) groups excluding carboxylic acids is 1. The summed E-state index contributed by atoms with van der Waals surface area (Å²) in [6.45, 7) is 2.05. The third-order valence-corrected chi connectivity index (χ3v) is 5.39. The van der Waals surface area contributed by atoms with Gasteiger partial charge in [-0.3, -0.25) is 4.79 Å². The highest BCUT2D eigenvalue weighted by atomic mass is 19.1. The standard InChI is InChI=1S/C22H20FN7O/c1-14-5-6-16(11-18(14)20-26-12-17-4-2-9-30(17)28-20)27-21(31)19-10-15(23)13-29(19)22-24-7-3-8-25-22/h2-9,11-12,15,19H,10,13H2,1H3,(H,27,31)/t15-,19?/m1/s1. The highest BCUT2D eigenvalue weighted by molar-refractivity contribution is 5.97. The molecule has 1 amide bonds. The summed E-state index contributed by atoms with van der Waals surface area (Å²) < 4.78 is 15.9. The van der Waals surface area contributed by atoms with Crippen LogP contribution in [0, 0.1) is 6.92 Å². The lowest BCUT2D eigenvalue weighted by Gasteiger charge is -2.23. The zero-order valence-electron chi connectivity index (χ0n) is 16.8. The van der Waals surface area contributed by atoms with Crippen molar-refractivity contribution in [3.05, 3.63) is 66.7 Å². The summed E-state index contributed by atoms with van der Waals surface area (Å²) in [5, 5.41) is 7.45. The van der Waals surface area contributed by atoms with Gasteiger partial charge in [0.2, 0.25) is 11.9 Å². The molecule has 1 unspecified atom stereocenters. The van der Waals surface area contributed by atoms with E-state index >= 15 is 0 Å². The van der Waals surface area contributed by atoms with Gasteiger partial charge in [-0.2, -0.15) is 0 Å². The molecule has 4 heterocycles. The van der Waals surface area contributed by atoms with Crippen molar-refractivity contribution in [2.75, 3.05) is 16.8 Å². The number of rotatable bonds is 4. The Labute approximate surface area is 177 Å². The summed E-state index contributed by atoms with van der Waals surface area (Å²) in [7, 11) is 0. The van der Waals surface area contributed by atoms with Crippen molar-refractivity contribution in [1.82, 2.24) is 24.6 Å². The molecule has 0 radical (unpaired) electrons. The molecule has 1 aromatic carbocycles. The quantitative estimate of drug-likeness (QED) is 0.549. The van der Waals surface area contributed by atoms with Gasteiger partial charge in [0, 0.05) is 36.3 Å². The molecule has 5 rings (SSSR count). The third kappa shape index (κ3) is 3.70. The maximum Gasteiger partial charge on any atom is 0.247 e. The minimum absolute atomic E-state index is 0.0893. The molecule has 1 aliphatic rings. The maximum atomic E-state index is 14.2. The largest absolute Gasteiger partial charge is 0.326 e. The fourth-order valence-electron chi connectivity index (χ4n) is 3.82. The first kappa shape index (κ1) is 19.1. The number of carbonyl (C=O) groups is 1. The highest BCUT2D eigenvalue weighted by Crippen LogP contribution is 2.27. The lowest BCUT2D eigenvalue weighted by molar-refractivity contribution is -0.117. The first-order valence-corrected chi connectivity index (χ1v) is 9.98. The van der Waals surface area contributed by atoms with Crippen molar-refractivity contribution >= 4 is 23.1 Å². The van der Waals surface area contributed by atoms with Gasteiger partial charge in [0.05, 0.1) is 18.3 Å². The summed E-state index contributed by atoms with van der Waals surface area (Å²) in [6, 6.07) is 10.4. The minimum Gasteiger partial charge on any atom is -0.326 e. The molecule has 1 fully saturated rings. The SMILES string of the molecule is Cc1ccc(NC(=O)C2C[C@@H](F)CN2c2ncccn2)cc1-c1ncc2cccn2n1. The predicted molar refractivity (Wildman–Crippen MR) is 114 cm³/mol. The van der Waals surface area contributed by atoms with Crippen LogP contribution in [0.25, 0.3) is 16.9 Å². The van der Waals surface area contributed by atoms with Crippen LogP contribution in [0.15, 0.2) is 61.2 Å². The van der Waals surface area contributed by atoms with E-state index in [9.17, 15) is 9.18 Å². The van der Waals surface area contributed by atoms with Crippen LogP contribution in [0.1, 0.15) is 12.0 Å². The van der Waals surface area contributed by atoms with Crippen LogP contribution in [0.3, 0.4) is 0 Å². The van der Waals surface area contributed by atoms with E-state index in [-0.39, 0.29) is 18.9 Å². The number of alkyl halides is 1. The van der Waals surface area contributed by atoms with Crippen molar-refractivity contribution < 1.29 is 9.18 Å². The van der Waals surface area contributed by atoms with Gasteiger partial charge in [-0.05, 0) is 42.8 Å². The van der Waals surface area contributed by atoms with E-state index in [2.05, 4.69) is 25.4 Å². The Bertz CT molecular complexity index is 1240. The average Bonchev–Trinajstić information content (AvgIpc) is 3.41. The summed E-state index contributed by atoms with van der Waals surface area (Å²) >= 11 is 0.